The maximum atomic E-state index is 13.1. The van der Waals surface area contributed by atoms with Gasteiger partial charge in [0.15, 0.2) is 0 Å². The van der Waals surface area contributed by atoms with Crippen LogP contribution in [0.4, 0.5) is 0 Å². The Kier molecular flexibility index (Phi) is 6.55. The first-order valence-corrected chi connectivity index (χ1v) is 9.70. The summed E-state index contributed by atoms with van der Waals surface area (Å²) in [4.78, 5) is 23.7. The van der Waals surface area contributed by atoms with Crippen LogP contribution in [0.25, 0.3) is 0 Å². The molecule has 0 unspecified atom stereocenters. The van der Waals surface area contributed by atoms with Crippen molar-refractivity contribution >= 4 is 22.0 Å². The number of piperidine rings is 1. The van der Waals surface area contributed by atoms with E-state index in [1.54, 1.807) is 19.1 Å². The molecule has 1 atom stereocenters. The van der Waals surface area contributed by atoms with Crippen LogP contribution in [0.5, 0.6) is 0 Å². The van der Waals surface area contributed by atoms with Crippen LogP contribution in [0, 0.1) is 0 Å². The van der Waals surface area contributed by atoms with E-state index in [9.17, 15) is 18.0 Å². The molecule has 25 heavy (non-hydrogen) atoms. The lowest BCUT2D eigenvalue weighted by Crippen LogP contribution is -2.45. The Morgan fingerprint density at radius 1 is 1.24 bits per heavy atom. The van der Waals surface area contributed by atoms with Gasteiger partial charge in [0.25, 0.3) is 0 Å². The lowest BCUT2D eigenvalue weighted by atomic mass is 10.0. The van der Waals surface area contributed by atoms with E-state index < -0.39 is 28.0 Å². The lowest BCUT2D eigenvalue weighted by molar-refractivity contribution is -0.144. The SMILES string of the molecule is CCOC(=O)C[C@@H]1CCCCN1S(=O)(=O)c1ccccc1C(=O)OC. The molecule has 8 heteroatoms. The first-order chi connectivity index (χ1) is 11.9. The van der Waals surface area contributed by atoms with Crippen LogP contribution in [-0.2, 0) is 24.3 Å². The van der Waals surface area contributed by atoms with Gasteiger partial charge in [-0.1, -0.05) is 18.6 Å². The highest BCUT2D eigenvalue weighted by molar-refractivity contribution is 7.89. The highest BCUT2D eigenvalue weighted by Gasteiger charge is 2.36. The van der Waals surface area contributed by atoms with E-state index in [4.69, 9.17) is 4.74 Å². The second kappa shape index (κ2) is 8.44. The number of esters is 2. The van der Waals surface area contributed by atoms with Crippen molar-refractivity contribution in [3.8, 4) is 0 Å². The van der Waals surface area contributed by atoms with E-state index >= 15 is 0 Å². The van der Waals surface area contributed by atoms with Gasteiger partial charge in [0.05, 0.1) is 30.6 Å². The van der Waals surface area contributed by atoms with E-state index in [0.29, 0.717) is 19.4 Å². The molecule has 1 aliphatic rings. The molecule has 0 amide bonds. The molecule has 1 aromatic rings. The Labute approximate surface area is 148 Å². The van der Waals surface area contributed by atoms with Gasteiger partial charge in [0.1, 0.15) is 0 Å². The van der Waals surface area contributed by atoms with E-state index in [2.05, 4.69) is 4.74 Å². The van der Waals surface area contributed by atoms with Crippen molar-refractivity contribution in [2.24, 2.45) is 0 Å². The van der Waals surface area contributed by atoms with Crippen LogP contribution in [0.3, 0.4) is 0 Å². The number of nitrogens with zero attached hydrogens (tertiary/aromatic N) is 1. The first kappa shape index (κ1) is 19.4. The third-order valence-electron chi connectivity index (χ3n) is 4.16. The molecule has 7 nitrogen and oxygen atoms in total. The Morgan fingerprint density at radius 2 is 1.96 bits per heavy atom. The van der Waals surface area contributed by atoms with Crippen LogP contribution in [0.1, 0.15) is 43.0 Å². The van der Waals surface area contributed by atoms with E-state index in [1.807, 2.05) is 0 Å². The Morgan fingerprint density at radius 3 is 2.64 bits per heavy atom. The van der Waals surface area contributed by atoms with Crippen molar-refractivity contribution in [1.82, 2.24) is 4.31 Å². The minimum Gasteiger partial charge on any atom is -0.466 e. The van der Waals surface area contributed by atoms with E-state index in [0.717, 1.165) is 6.42 Å². The predicted octanol–water partition coefficient (Wildman–Crippen LogP) is 1.97. The number of hydrogen-bond acceptors (Lipinski definition) is 6. The largest absolute Gasteiger partial charge is 0.466 e. The molecular weight excluding hydrogens is 346 g/mol. The fraction of sp³-hybridized carbons (Fsp3) is 0.529. The van der Waals surface area contributed by atoms with Gasteiger partial charge in [0, 0.05) is 12.6 Å². The van der Waals surface area contributed by atoms with Crippen LogP contribution < -0.4 is 0 Å². The Balaban J connectivity index is 2.36. The van der Waals surface area contributed by atoms with Crippen LogP contribution >= 0.6 is 0 Å². The molecule has 138 valence electrons. The third-order valence-corrected chi connectivity index (χ3v) is 6.17. The monoisotopic (exact) mass is 369 g/mol. The summed E-state index contributed by atoms with van der Waals surface area (Å²) in [6.45, 7) is 2.27. The summed E-state index contributed by atoms with van der Waals surface area (Å²) >= 11 is 0. The number of methoxy groups -OCH3 is 1. The number of sulfonamides is 1. The van der Waals surface area contributed by atoms with Crippen molar-refractivity contribution in [3.05, 3.63) is 29.8 Å². The van der Waals surface area contributed by atoms with Gasteiger partial charge in [-0.15, -0.1) is 0 Å². The van der Waals surface area contributed by atoms with Crippen molar-refractivity contribution < 1.29 is 27.5 Å². The van der Waals surface area contributed by atoms with Gasteiger partial charge in [-0.3, -0.25) is 4.79 Å². The summed E-state index contributed by atoms with van der Waals surface area (Å²) in [5.74, 6) is -1.13. The van der Waals surface area contributed by atoms with Crippen molar-refractivity contribution in [2.75, 3.05) is 20.3 Å². The maximum absolute atomic E-state index is 13.1. The second-order valence-corrected chi connectivity index (χ2v) is 7.62. The fourth-order valence-corrected chi connectivity index (χ4v) is 4.88. The molecule has 0 saturated carbocycles. The molecule has 0 aromatic heterocycles. The number of ether oxygens (including phenoxy) is 2. The number of carbonyl (C=O) groups excluding carboxylic acids is 2. The molecule has 1 heterocycles. The standard InChI is InChI=1S/C17H23NO6S/c1-3-24-16(19)12-13-8-6-7-11-18(13)25(21,22)15-10-5-4-9-14(15)17(20)23-2/h4-5,9-10,13H,3,6-8,11-12H2,1-2H3/t13-/m0/s1. The Bertz CT molecular complexity index is 730. The normalized spacial score (nSPS) is 18.6. The topological polar surface area (TPSA) is 90.0 Å². The highest BCUT2D eigenvalue weighted by Crippen LogP contribution is 2.29. The van der Waals surface area contributed by atoms with Gasteiger partial charge in [-0.2, -0.15) is 4.31 Å². The average molecular weight is 369 g/mol. The quantitative estimate of drug-likeness (QED) is 0.712. The maximum Gasteiger partial charge on any atom is 0.339 e. The molecule has 0 spiro atoms. The summed E-state index contributed by atoms with van der Waals surface area (Å²) in [6.07, 6.45) is 2.14. The summed E-state index contributed by atoms with van der Waals surface area (Å²) in [5, 5.41) is 0. The number of benzene rings is 1. The summed E-state index contributed by atoms with van der Waals surface area (Å²) in [7, 11) is -2.73. The first-order valence-electron chi connectivity index (χ1n) is 8.26. The average Bonchev–Trinajstić information content (AvgIpc) is 2.61. The summed E-state index contributed by atoms with van der Waals surface area (Å²) in [5.41, 5.74) is -0.00884. The number of hydrogen-bond donors (Lipinski definition) is 0. The zero-order valence-electron chi connectivity index (χ0n) is 14.4. The number of carbonyl (C=O) groups is 2. The minimum atomic E-state index is -3.93. The Hall–Kier alpha value is -1.93. The molecule has 0 N–H and O–H groups in total. The van der Waals surface area contributed by atoms with Crippen molar-refractivity contribution in [1.29, 1.82) is 0 Å². The molecule has 1 saturated heterocycles. The van der Waals surface area contributed by atoms with Crippen molar-refractivity contribution in [3.63, 3.8) is 0 Å². The lowest BCUT2D eigenvalue weighted by Gasteiger charge is -2.34. The molecule has 0 bridgehead atoms. The predicted molar refractivity (Wildman–Crippen MR) is 90.6 cm³/mol. The smallest absolute Gasteiger partial charge is 0.339 e. The molecular formula is C17H23NO6S. The third kappa shape index (κ3) is 4.38. The summed E-state index contributed by atoms with van der Waals surface area (Å²) < 4.78 is 37.2. The van der Waals surface area contributed by atoms with Gasteiger partial charge in [-0.05, 0) is 31.9 Å². The second-order valence-electron chi connectivity index (χ2n) is 5.76. The fourth-order valence-electron chi connectivity index (χ4n) is 3.00. The molecule has 0 radical (unpaired) electrons. The van der Waals surface area contributed by atoms with E-state index in [1.165, 1.54) is 23.5 Å². The zero-order valence-corrected chi connectivity index (χ0v) is 15.3. The zero-order chi connectivity index (χ0) is 18.4. The molecule has 1 aliphatic heterocycles. The molecule has 2 rings (SSSR count). The number of rotatable bonds is 6. The summed E-state index contributed by atoms with van der Waals surface area (Å²) in [6, 6.07) is 5.48. The molecule has 1 fully saturated rings. The van der Waals surface area contributed by atoms with Crippen LogP contribution in [0.15, 0.2) is 29.2 Å². The molecule has 1 aromatic carbocycles. The van der Waals surface area contributed by atoms with Crippen molar-refractivity contribution in [2.45, 2.75) is 43.5 Å². The van der Waals surface area contributed by atoms with Gasteiger partial charge < -0.3 is 9.47 Å². The molecule has 0 aliphatic carbocycles. The van der Waals surface area contributed by atoms with Crippen LogP contribution in [0.2, 0.25) is 0 Å². The minimum absolute atomic E-state index is 0.00740. The highest BCUT2D eigenvalue weighted by atomic mass is 32.2. The van der Waals surface area contributed by atoms with Gasteiger partial charge in [-0.25, -0.2) is 13.2 Å². The van der Waals surface area contributed by atoms with E-state index in [-0.39, 0.29) is 23.5 Å². The van der Waals surface area contributed by atoms with Gasteiger partial charge in [0.2, 0.25) is 10.0 Å². The van der Waals surface area contributed by atoms with Crippen LogP contribution in [-0.4, -0.2) is 51.0 Å². The van der Waals surface area contributed by atoms with Gasteiger partial charge >= 0.3 is 11.9 Å².